The molecule has 2 N–H and O–H groups in total. The van der Waals surface area contributed by atoms with E-state index in [1.165, 1.54) is 43.6 Å². The fourth-order valence-corrected chi connectivity index (χ4v) is 6.33. The second-order valence-electron chi connectivity index (χ2n) is 7.23. The molecule has 4 heterocycles. The number of nitrogens with one attached hydrogen (secondary N) is 2. The highest BCUT2D eigenvalue weighted by molar-refractivity contribution is 7.21. The standard InChI is InChI=1S/C21H17FN6S2/c22-13-3-1-12(2-4-13)7-25-17-5-14-16-8-23-9-26-21(16)30-19(14)15-6-18(29-20(15)17)28-11-24-10-27-28/h1-4,6,10-11,23,26H,5,7-9H2. The lowest BCUT2D eigenvalue weighted by molar-refractivity contribution is 0.627. The maximum absolute atomic E-state index is 13.2. The first-order chi connectivity index (χ1) is 14.8. The van der Waals surface area contributed by atoms with Gasteiger partial charge in [0.05, 0.1) is 28.8 Å². The molecule has 1 aromatic carbocycles. The van der Waals surface area contributed by atoms with Crippen LogP contribution in [0.5, 0.6) is 0 Å². The summed E-state index contributed by atoms with van der Waals surface area (Å²) in [4.78, 5) is 11.6. The van der Waals surface area contributed by atoms with Gasteiger partial charge >= 0.3 is 0 Å². The Labute approximate surface area is 180 Å². The number of aromatic nitrogens is 3. The van der Waals surface area contributed by atoms with Crippen LogP contribution in [0.3, 0.4) is 0 Å². The summed E-state index contributed by atoms with van der Waals surface area (Å²) in [5.74, 6) is -0.225. The smallest absolute Gasteiger partial charge is 0.138 e. The lowest BCUT2D eigenvalue weighted by Gasteiger charge is -2.19. The highest BCUT2D eigenvalue weighted by Crippen LogP contribution is 2.48. The fraction of sp³-hybridized carbons (Fsp3) is 0.190. The fourth-order valence-electron chi connectivity index (χ4n) is 3.91. The number of benzene rings is 1. The van der Waals surface area contributed by atoms with Crippen molar-refractivity contribution in [3.63, 3.8) is 0 Å². The number of aliphatic imine (C=N–C) groups is 1. The van der Waals surface area contributed by atoms with E-state index in [9.17, 15) is 4.39 Å². The maximum atomic E-state index is 13.2. The molecule has 1 aliphatic carbocycles. The van der Waals surface area contributed by atoms with E-state index >= 15 is 0 Å². The lowest BCUT2D eigenvalue weighted by Crippen LogP contribution is -2.27. The van der Waals surface area contributed by atoms with E-state index in [0.717, 1.165) is 35.9 Å². The second-order valence-corrected chi connectivity index (χ2v) is 9.28. The predicted octanol–water partition coefficient (Wildman–Crippen LogP) is 4.21. The zero-order valence-electron chi connectivity index (χ0n) is 15.9. The van der Waals surface area contributed by atoms with Crippen LogP contribution < -0.4 is 10.6 Å². The second kappa shape index (κ2) is 7.12. The minimum absolute atomic E-state index is 0.225. The molecule has 6 nitrogen and oxygen atoms in total. The molecule has 0 spiro atoms. The largest absolute Gasteiger partial charge is 0.364 e. The molecule has 9 heteroatoms. The molecule has 0 saturated heterocycles. The molecular weight excluding hydrogens is 419 g/mol. The van der Waals surface area contributed by atoms with Gasteiger partial charge in [-0.15, -0.1) is 22.7 Å². The van der Waals surface area contributed by atoms with E-state index in [2.05, 4.69) is 26.8 Å². The molecule has 150 valence electrons. The van der Waals surface area contributed by atoms with Gasteiger partial charge < -0.3 is 5.32 Å². The number of halogens is 1. The van der Waals surface area contributed by atoms with Crippen molar-refractivity contribution in [3.8, 4) is 15.4 Å². The molecule has 0 fully saturated rings. The summed E-state index contributed by atoms with van der Waals surface area (Å²) in [6.07, 6.45) is 4.07. The number of rotatable bonds is 3. The number of thiophene rings is 2. The summed E-state index contributed by atoms with van der Waals surface area (Å²) in [6.45, 7) is 2.19. The van der Waals surface area contributed by atoms with E-state index in [4.69, 9.17) is 4.99 Å². The average Bonchev–Trinajstić information content (AvgIpc) is 3.50. The summed E-state index contributed by atoms with van der Waals surface area (Å²) in [5, 5.41) is 13.5. The highest BCUT2D eigenvalue weighted by Gasteiger charge is 2.31. The van der Waals surface area contributed by atoms with E-state index in [1.807, 2.05) is 11.3 Å². The zero-order valence-corrected chi connectivity index (χ0v) is 17.5. The first kappa shape index (κ1) is 17.9. The van der Waals surface area contributed by atoms with Crippen LogP contribution in [0.2, 0.25) is 0 Å². The minimum atomic E-state index is -0.225. The van der Waals surface area contributed by atoms with E-state index in [-0.39, 0.29) is 5.82 Å². The third-order valence-corrected chi connectivity index (χ3v) is 7.81. The van der Waals surface area contributed by atoms with Crippen molar-refractivity contribution in [1.29, 1.82) is 0 Å². The quantitative estimate of drug-likeness (QED) is 0.505. The van der Waals surface area contributed by atoms with Gasteiger partial charge in [0.2, 0.25) is 0 Å². The van der Waals surface area contributed by atoms with E-state index in [0.29, 0.717) is 6.54 Å². The maximum Gasteiger partial charge on any atom is 0.138 e. The van der Waals surface area contributed by atoms with Crippen LogP contribution in [-0.4, -0.2) is 27.1 Å². The van der Waals surface area contributed by atoms with Crippen molar-refractivity contribution in [2.75, 3.05) is 12.0 Å². The number of fused-ring (bicyclic) bond motifs is 5. The van der Waals surface area contributed by atoms with Crippen LogP contribution in [0, 0.1) is 5.82 Å². The van der Waals surface area contributed by atoms with Gasteiger partial charge in [0, 0.05) is 29.0 Å². The van der Waals surface area contributed by atoms with Gasteiger partial charge in [0.25, 0.3) is 0 Å². The van der Waals surface area contributed by atoms with Crippen LogP contribution in [0.25, 0.3) is 15.4 Å². The SMILES string of the molecule is Fc1ccc(CN=C2Cc3c(sc4c3CNCN4)-c3cc(-n4cncn4)sc32)cc1. The predicted molar refractivity (Wildman–Crippen MR) is 118 cm³/mol. The van der Waals surface area contributed by atoms with Gasteiger partial charge in [0.1, 0.15) is 23.5 Å². The summed E-state index contributed by atoms with van der Waals surface area (Å²) in [5.41, 5.74) is 5.98. The lowest BCUT2D eigenvalue weighted by atomic mass is 9.93. The molecule has 1 aliphatic heterocycles. The zero-order chi connectivity index (χ0) is 20.1. The number of hydrogen-bond donors (Lipinski definition) is 2. The molecule has 0 bridgehead atoms. The first-order valence-electron chi connectivity index (χ1n) is 9.63. The van der Waals surface area contributed by atoms with Crippen LogP contribution in [0.1, 0.15) is 21.6 Å². The van der Waals surface area contributed by atoms with Gasteiger partial charge in [-0.1, -0.05) is 12.1 Å². The molecule has 6 rings (SSSR count). The third kappa shape index (κ3) is 2.97. The van der Waals surface area contributed by atoms with Crippen LogP contribution in [0.4, 0.5) is 9.39 Å². The van der Waals surface area contributed by atoms with E-state index < -0.39 is 0 Å². The molecular formula is C21H17FN6S2. The Kier molecular flexibility index (Phi) is 4.26. The van der Waals surface area contributed by atoms with Crippen molar-refractivity contribution in [2.45, 2.75) is 19.5 Å². The number of anilines is 1. The van der Waals surface area contributed by atoms with Crippen molar-refractivity contribution in [3.05, 3.63) is 70.4 Å². The van der Waals surface area contributed by atoms with Gasteiger partial charge in [0.15, 0.2) is 0 Å². The van der Waals surface area contributed by atoms with Crippen molar-refractivity contribution in [2.24, 2.45) is 4.99 Å². The molecule has 2 aliphatic rings. The van der Waals surface area contributed by atoms with Crippen molar-refractivity contribution < 1.29 is 4.39 Å². The Morgan fingerprint density at radius 1 is 1.13 bits per heavy atom. The molecule has 0 saturated carbocycles. The Hall–Kier alpha value is -2.88. The van der Waals surface area contributed by atoms with E-state index in [1.54, 1.807) is 40.8 Å². The Bertz CT molecular complexity index is 1250. The van der Waals surface area contributed by atoms with Crippen LogP contribution >= 0.6 is 22.7 Å². The summed E-state index contributed by atoms with van der Waals surface area (Å²) >= 11 is 3.51. The van der Waals surface area contributed by atoms with Gasteiger partial charge in [-0.25, -0.2) is 14.1 Å². The summed E-state index contributed by atoms with van der Waals surface area (Å²) in [6, 6.07) is 8.75. The van der Waals surface area contributed by atoms with Crippen molar-refractivity contribution in [1.82, 2.24) is 20.1 Å². The van der Waals surface area contributed by atoms with Crippen LogP contribution in [0.15, 0.2) is 48.0 Å². The minimum Gasteiger partial charge on any atom is -0.364 e. The van der Waals surface area contributed by atoms with Crippen LogP contribution in [-0.2, 0) is 19.5 Å². The number of nitrogens with zero attached hydrogens (tertiary/aromatic N) is 4. The number of hydrogen-bond acceptors (Lipinski definition) is 7. The Morgan fingerprint density at radius 2 is 2.03 bits per heavy atom. The summed E-state index contributed by atoms with van der Waals surface area (Å²) < 4.78 is 15.0. The monoisotopic (exact) mass is 436 g/mol. The molecule has 3 aromatic heterocycles. The van der Waals surface area contributed by atoms with Gasteiger partial charge in [-0.2, -0.15) is 5.10 Å². The van der Waals surface area contributed by atoms with Gasteiger partial charge in [-0.3, -0.25) is 10.3 Å². The van der Waals surface area contributed by atoms with Gasteiger partial charge in [-0.05, 0) is 29.3 Å². The summed E-state index contributed by atoms with van der Waals surface area (Å²) in [7, 11) is 0. The Morgan fingerprint density at radius 3 is 2.87 bits per heavy atom. The normalized spacial score (nSPS) is 16.1. The molecule has 4 aromatic rings. The third-order valence-electron chi connectivity index (χ3n) is 5.37. The average molecular weight is 437 g/mol. The Balaban J connectivity index is 1.46. The van der Waals surface area contributed by atoms with Crippen molar-refractivity contribution >= 4 is 33.4 Å². The molecule has 0 unspecified atom stereocenters. The molecule has 0 radical (unpaired) electrons. The highest BCUT2D eigenvalue weighted by atomic mass is 32.1. The molecule has 30 heavy (non-hydrogen) atoms. The topological polar surface area (TPSA) is 67.1 Å². The molecule has 0 amide bonds. The first-order valence-corrected chi connectivity index (χ1v) is 11.3. The molecule has 0 atom stereocenters.